The third kappa shape index (κ3) is 6.40. The number of halogens is 2. The summed E-state index contributed by atoms with van der Waals surface area (Å²) < 4.78 is 18.2. The fourth-order valence-electron chi connectivity index (χ4n) is 1.56. The second-order valence-corrected chi connectivity index (χ2v) is 3.99. The standard InChI is InChI=1S/C13H19FN2O2.ClH/c1-18-12-5-4-10(8-11(12)14)9-13(17)16-7-3-2-6-15;/h4-5,8H,2-3,6-7,9,15H2,1H3,(H,16,17);1H. The second-order valence-electron chi connectivity index (χ2n) is 3.99. The van der Waals surface area contributed by atoms with Crippen molar-refractivity contribution in [1.29, 1.82) is 0 Å². The highest BCUT2D eigenvalue weighted by Crippen LogP contribution is 2.17. The van der Waals surface area contributed by atoms with Crippen molar-refractivity contribution in [2.45, 2.75) is 19.3 Å². The van der Waals surface area contributed by atoms with Crippen molar-refractivity contribution in [2.24, 2.45) is 5.73 Å². The maximum Gasteiger partial charge on any atom is 0.224 e. The van der Waals surface area contributed by atoms with Crippen molar-refractivity contribution in [3.63, 3.8) is 0 Å². The number of carbonyl (C=O) groups is 1. The summed E-state index contributed by atoms with van der Waals surface area (Å²) in [6.07, 6.45) is 1.92. The number of nitrogens with two attached hydrogens (primary N) is 1. The summed E-state index contributed by atoms with van der Waals surface area (Å²) in [5.41, 5.74) is 5.98. The van der Waals surface area contributed by atoms with Crippen molar-refractivity contribution < 1.29 is 13.9 Å². The van der Waals surface area contributed by atoms with Crippen LogP contribution in [0, 0.1) is 5.82 Å². The SMILES string of the molecule is COc1ccc(CC(=O)NCCCCN)cc1F.Cl. The van der Waals surface area contributed by atoms with Crippen molar-refractivity contribution in [3.05, 3.63) is 29.6 Å². The minimum absolute atomic E-state index is 0. The molecule has 0 saturated carbocycles. The van der Waals surface area contributed by atoms with Gasteiger partial charge in [0.2, 0.25) is 5.91 Å². The Kier molecular flexibility index (Phi) is 8.91. The molecule has 0 fully saturated rings. The van der Waals surface area contributed by atoms with Crippen LogP contribution in [0.3, 0.4) is 0 Å². The molecule has 0 aliphatic carbocycles. The molecule has 0 aromatic heterocycles. The maximum absolute atomic E-state index is 13.4. The number of methoxy groups -OCH3 is 1. The second kappa shape index (κ2) is 9.58. The predicted octanol–water partition coefficient (Wildman–Crippen LogP) is 1.65. The van der Waals surface area contributed by atoms with Gasteiger partial charge in [-0.25, -0.2) is 4.39 Å². The van der Waals surface area contributed by atoms with Crippen LogP contribution in [0.15, 0.2) is 18.2 Å². The molecule has 0 aliphatic rings. The summed E-state index contributed by atoms with van der Waals surface area (Å²) in [4.78, 5) is 11.5. The van der Waals surface area contributed by atoms with E-state index >= 15 is 0 Å². The number of amides is 1. The van der Waals surface area contributed by atoms with Gasteiger partial charge in [-0.1, -0.05) is 6.07 Å². The van der Waals surface area contributed by atoms with Crippen LogP contribution in [0.5, 0.6) is 5.75 Å². The van der Waals surface area contributed by atoms with E-state index in [4.69, 9.17) is 10.5 Å². The zero-order chi connectivity index (χ0) is 13.4. The topological polar surface area (TPSA) is 64.3 Å². The van der Waals surface area contributed by atoms with Gasteiger partial charge in [0.05, 0.1) is 13.5 Å². The minimum Gasteiger partial charge on any atom is -0.494 e. The number of rotatable bonds is 7. The highest BCUT2D eigenvalue weighted by molar-refractivity contribution is 5.85. The molecule has 0 aliphatic heterocycles. The molecule has 1 aromatic carbocycles. The molecule has 19 heavy (non-hydrogen) atoms. The van der Waals surface area contributed by atoms with Crippen molar-refractivity contribution in [2.75, 3.05) is 20.2 Å². The summed E-state index contributed by atoms with van der Waals surface area (Å²) in [5.74, 6) is -0.385. The van der Waals surface area contributed by atoms with Crippen LogP contribution in [0.25, 0.3) is 0 Å². The van der Waals surface area contributed by atoms with Gasteiger partial charge in [0.15, 0.2) is 11.6 Å². The summed E-state index contributed by atoms with van der Waals surface area (Å²) >= 11 is 0. The molecule has 1 aromatic rings. The first-order chi connectivity index (χ1) is 8.67. The average Bonchev–Trinajstić information content (AvgIpc) is 2.35. The molecule has 3 N–H and O–H groups in total. The van der Waals surface area contributed by atoms with E-state index in [1.165, 1.54) is 19.2 Å². The largest absolute Gasteiger partial charge is 0.494 e. The minimum atomic E-state index is -0.453. The van der Waals surface area contributed by atoms with E-state index in [0.717, 1.165) is 12.8 Å². The first-order valence-electron chi connectivity index (χ1n) is 5.96. The summed E-state index contributed by atoms with van der Waals surface area (Å²) in [6, 6.07) is 4.52. The molecule has 1 rings (SSSR count). The molecule has 0 radical (unpaired) electrons. The van der Waals surface area contributed by atoms with Gasteiger partial charge in [-0.05, 0) is 37.1 Å². The van der Waals surface area contributed by atoms with Crippen LogP contribution < -0.4 is 15.8 Å². The van der Waals surface area contributed by atoms with Gasteiger partial charge in [-0.2, -0.15) is 0 Å². The van der Waals surface area contributed by atoms with Crippen LogP contribution >= 0.6 is 12.4 Å². The highest BCUT2D eigenvalue weighted by Gasteiger charge is 2.07. The number of benzene rings is 1. The molecule has 0 bridgehead atoms. The van der Waals surface area contributed by atoms with Gasteiger partial charge >= 0.3 is 0 Å². The molecule has 6 heteroatoms. The van der Waals surface area contributed by atoms with Gasteiger partial charge < -0.3 is 15.8 Å². The van der Waals surface area contributed by atoms with Crippen LogP contribution in [0.1, 0.15) is 18.4 Å². The van der Waals surface area contributed by atoms with E-state index in [1.807, 2.05) is 0 Å². The molecular weight excluding hydrogens is 271 g/mol. The number of nitrogens with one attached hydrogen (secondary N) is 1. The lowest BCUT2D eigenvalue weighted by Crippen LogP contribution is -2.26. The highest BCUT2D eigenvalue weighted by atomic mass is 35.5. The molecule has 0 spiro atoms. The van der Waals surface area contributed by atoms with Crippen molar-refractivity contribution >= 4 is 18.3 Å². The Hall–Kier alpha value is -1.33. The van der Waals surface area contributed by atoms with Gasteiger partial charge in [-0.15, -0.1) is 12.4 Å². The quantitative estimate of drug-likeness (QED) is 0.751. The maximum atomic E-state index is 13.4. The van der Waals surface area contributed by atoms with E-state index in [0.29, 0.717) is 18.7 Å². The van der Waals surface area contributed by atoms with E-state index in [9.17, 15) is 9.18 Å². The number of unbranched alkanes of at least 4 members (excludes halogenated alkanes) is 1. The predicted molar refractivity (Wildman–Crippen MR) is 75.2 cm³/mol. The molecule has 4 nitrogen and oxygen atoms in total. The molecule has 1 amide bonds. The monoisotopic (exact) mass is 290 g/mol. The van der Waals surface area contributed by atoms with E-state index < -0.39 is 5.82 Å². The lowest BCUT2D eigenvalue weighted by atomic mass is 10.1. The first-order valence-corrected chi connectivity index (χ1v) is 5.96. The zero-order valence-corrected chi connectivity index (χ0v) is 11.8. The van der Waals surface area contributed by atoms with Crippen LogP contribution in [0.4, 0.5) is 4.39 Å². The van der Waals surface area contributed by atoms with Gasteiger partial charge in [0, 0.05) is 6.54 Å². The lowest BCUT2D eigenvalue weighted by molar-refractivity contribution is -0.120. The van der Waals surface area contributed by atoms with E-state index in [2.05, 4.69) is 5.32 Å². The summed E-state index contributed by atoms with van der Waals surface area (Å²) in [6.45, 7) is 1.23. The smallest absolute Gasteiger partial charge is 0.224 e. The Morgan fingerprint density at radius 1 is 1.42 bits per heavy atom. The fourth-order valence-corrected chi connectivity index (χ4v) is 1.56. The van der Waals surface area contributed by atoms with Crippen LogP contribution in [-0.2, 0) is 11.2 Å². The summed E-state index contributed by atoms with van der Waals surface area (Å²) in [7, 11) is 1.40. The zero-order valence-electron chi connectivity index (χ0n) is 10.9. The average molecular weight is 291 g/mol. The third-order valence-electron chi connectivity index (χ3n) is 2.53. The van der Waals surface area contributed by atoms with Gasteiger partial charge in [0.25, 0.3) is 0 Å². The molecule has 0 saturated heterocycles. The first kappa shape index (κ1) is 17.7. The van der Waals surface area contributed by atoms with Gasteiger partial charge in [0.1, 0.15) is 0 Å². The Morgan fingerprint density at radius 3 is 2.74 bits per heavy atom. The number of carbonyl (C=O) groups excluding carboxylic acids is 1. The Bertz CT molecular complexity index is 402. The van der Waals surface area contributed by atoms with E-state index in [-0.39, 0.29) is 30.5 Å². The van der Waals surface area contributed by atoms with Crippen molar-refractivity contribution in [3.8, 4) is 5.75 Å². The lowest BCUT2D eigenvalue weighted by Gasteiger charge is -2.06. The number of ether oxygens (including phenoxy) is 1. The van der Waals surface area contributed by atoms with Gasteiger partial charge in [-0.3, -0.25) is 4.79 Å². The number of hydrogen-bond acceptors (Lipinski definition) is 3. The Labute approximate surface area is 118 Å². The van der Waals surface area contributed by atoms with E-state index in [1.54, 1.807) is 6.07 Å². The summed E-state index contributed by atoms with van der Waals surface area (Å²) in [5, 5.41) is 2.77. The normalized spacial score (nSPS) is 9.63. The molecule has 0 atom stereocenters. The van der Waals surface area contributed by atoms with Crippen LogP contribution in [0.2, 0.25) is 0 Å². The van der Waals surface area contributed by atoms with Crippen LogP contribution in [-0.4, -0.2) is 26.1 Å². The molecule has 0 unspecified atom stereocenters. The Morgan fingerprint density at radius 2 is 2.16 bits per heavy atom. The fraction of sp³-hybridized carbons (Fsp3) is 0.462. The number of hydrogen-bond donors (Lipinski definition) is 2. The third-order valence-corrected chi connectivity index (χ3v) is 2.53. The molecular formula is C13H20ClFN2O2. The molecule has 0 heterocycles. The van der Waals surface area contributed by atoms with Crippen molar-refractivity contribution in [1.82, 2.24) is 5.32 Å². The molecule has 108 valence electrons. The Balaban J connectivity index is 0.00000324.